The number of carbonyl (C=O) groups excluding carboxylic acids is 1. The van der Waals surface area contributed by atoms with Crippen molar-refractivity contribution in [2.75, 3.05) is 0 Å². The largest absolute Gasteiger partial charge is 0.462 e. The highest BCUT2D eigenvalue weighted by molar-refractivity contribution is 5.86. The Balaban J connectivity index is 0.903. The molecule has 6 heterocycles. The van der Waals surface area contributed by atoms with Gasteiger partial charge in [0.1, 0.15) is 0 Å². The summed E-state index contributed by atoms with van der Waals surface area (Å²) in [4.78, 5) is 28.8. The molecular formula is C37H64N6O2. The number of esters is 1. The summed E-state index contributed by atoms with van der Waals surface area (Å²) < 4.78 is 6.12. The molecule has 4 fully saturated rings. The van der Waals surface area contributed by atoms with Crippen LogP contribution in [0.3, 0.4) is 0 Å². The highest BCUT2D eigenvalue weighted by Crippen LogP contribution is 2.40. The molecule has 2 N–H and O–H groups in total. The smallest absolute Gasteiger partial charge is 0.313 e. The van der Waals surface area contributed by atoms with Gasteiger partial charge in [0.25, 0.3) is 0 Å². The van der Waals surface area contributed by atoms with Crippen LogP contribution in [0.25, 0.3) is 0 Å². The molecule has 0 saturated carbocycles. The first kappa shape index (κ1) is 32.9. The van der Waals surface area contributed by atoms with Crippen LogP contribution in [0.1, 0.15) is 156 Å². The van der Waals surface area contributed by atoms with Crippen molar-refractivity contribution in [3.05, 3.63) is 0 Å². The predicted molar refractivity (Wildman–Crippen MR) is 184 cm³/mol. The zero-order chi connectivity index (χ0) is 31.3. The fourth-order valence-corrected chi connectivity index (χ4v) is 9.74. The van der Waals surface area contributed by atoms with Gasteiger partial charge in [-0.2, -0.15) is 0 Å². The van der Waals surface area contributed by atoms with Gasteiger partial charge >= 0.3 is 5.97 Å². The summed E-state index contributed by atoms with van der Waals surface area (Å²) >= 11 is 0. The summed E-state index contributed by atoms with van der Waals surface area (Å²) in [5, 5.41) is 7.46. The molecular weight excluding hydrogens is 560 g/mol. The van der Waals surface area contributed by atoms with E-state index in [2.05, 4.69) is 48.1 Å². The molecule has 0 amide bonds. The lowest BCUT2D eigenvalue weighted by molar-refractivity contribution is -0.156. The molecule has 0 bridgehead atoms. The van der Waals surface area contributed by atoms with Crippen molar-refractivity contribution < 1.29 is 9.53 Å². The number of ether oxygens (including phenoxy) is 1. The van der Waals surface area contributed by atoms with Crippen LogP contribution in [-0.4, -0.2) is 82.1 Å². The monoisotopic (exact) mass is 625 g/mol. The minimum absolute atomic E-state index is 0.0275. The molecule has 0 aliphatic carbocycles. The molecule has 0 aromatic heterocycles. The van der Waals surface area contributed by atoms with Crippen molar-refractivity contribution in [2.45, 2.75) is 211 Å². The average Bonchev–Trinajstić information content (AvgIpc) is 3.61. The van der Waals surface area contributed by atoms with Gasteiger partial charge in [-0.05, 0) is 91.4 Å². The van der Waals surface area contributed by atoms with Crippen LogP contribution in [0.15, 0.2) is 9.98 Å². The van der Waals surface area contributed by atoms with Crippen LogP contribution >= 0.6 is 0 Å². The zero-order valence-corrected chi connectivity index (χ0v) is 29.0. The molecule has 6 aliphatic rings. The molecule has 4 saturated heterocycles. The number of hydrogen-bond acceptors (Lipinski definition) is 8. The third-order valence-corrected chi connectivity index (χ3v) is 12.0. The van der Waals surface area contributed by atoms with Crippen molar-refractivity contribution in [3.8, 4) is 0 Å². The molecule has 8 nitrogen and oxygen atoms in total. The summed E-state index contributed by atoms with van der Waals surface area (Å²) in [5.74, 6) is 2.06. The van der Waals surface area contributed by atoms with Gasteiger partial charge in [0, 0.05) is 36.3 Å². The third kappa shape index (κ3) is 7.77. The average molecular weight is 625 g/mol. The Morgan fingerprint density at radius 2 is 1.47 bits per heavy atom. The molecule has 254 valence electrons. The van der Waals surface area contributed by atoms with Gasteiger partial charge in [0.2, 0.25) is 0 Å². The lowest BCUT2D eigenvalue weighted by Crippen LogP contribution is -2.63. The zero-order valence-electron chi connectivity index (χ0n) is 29.0. The number of hydrogen-bond donors (Lipinski definition) is 2. The van der Waals surface area contributed by atoms with Crippen LogP contribution in [0.4, 0.5) is 0 Å². The predicted octanol–water partition coefficient (Wildman–Crippen LogP) is 6.92. The summed E-state index contributed by atoms with van der Waals surface area (Å²) in [5.41, 5.74) is 0. The summed E-state index contributed by atoms with van der Waals surface area (Å²) in [7, 11) is 0. The Morgan fingerprint density at radius 1 is 0.800 bits per heavy atom. The second-order valence-corrected chi connectivity index (χ2v) is 15.7. The van der Waals surface area contributed by atoms with E-state index in [4.69, 9.17) is 14.7 Å². The fraction of sp³-hybridized carbons (Fsp3) is 0.919. The van der Waals surface area contributed by atoms with Crippen LogP contribution in [0.2, 0.25) is 0 Å². The van der Waals surface area contributed by atoms with Gasteiger partial charge in [0.15, 0.2) is 11.9 Å². The second kappa shape index (κ2) is 15.3. The van der Waals surface area contributed by atoms with Crippen LogP contribution < -0.4 is 10.6 Å². The number of nitrogens with zero attached hydrogens (tertiary/aromatic N) is 4. The number of aliphatic imine (C=N–C) groups is 2. The van der Waals surface area contributed by atoms with Gasteiger partial charge < -0.3 is 25.2 Å². The van der Waals surface area contributed by atoms with Crippen molar-refractivity contribution >= 4 is 17.9 Å². The lowest BCUT2D eigenvalue weighted by Gasteiger charge is -2.47. The number of unbranched alkanes of at least 4 members (excludes halogenated alkanes) is 8. The molecule has 0 aromatic rings. The van der Waals surface area contributed by atoms with E-state index in [0.717, 1.165) is 25.2 Å². The standard InChI is InChI=1S/C37H64N6O2/c1-5-6-7-8-9-10-13-16-29-24-32-20-21-33-34(27(4)39-37(41-29)43(32)33)35(44)45-26(3)15-12-11-14-17-28-23-31-19-18-30-22-25(2)38-36(40-28)42(30)31/h25-34H,5-24H2,1-4H3,(H,38,40)(H,39,41). The van der Waals surface area contributed by atoms with Gasteiger partial charge in [-0.15, -0.1) is 0 Å². The van der Waals surface area contributed by atoms with E-state index in [-0.39, 0.29) is 30.1 Å². The van der Waals surface area contributed by atoms with Crippen LogP contribution in [0, 0.1) is 5.92 Å². The van der Waals surface area contributed by atoms with Gasteiger partial charge in [-0.3, -0.25) is 4.79 Å². The van der Waals surface area contributed by atoms with E-state index in [1.165, 1.54) is 115 Å². The number of guanidine groups is 2. The number of nitrogens with one attached hydrogen (secondary N) is 2. The van der Waals surface area contributed by atoms with E-state index in [9.17, 15) is 4.79 Å². The number of rotatable bonds is 16. The lowest BCUT2D eigenvalue weighted by atomic mass is 9.89. The molecule has 0 spiro atoms. The van der Waals surface area contributed by atoms with E-state index >= 15 is 0 Å². The van der Waals surface area contributed by atoms with Crippen LogP contribution in [0.5, 0.6) is 0 Å². The van der Waals surface area contributed by atoms with Crippen molar-refractivity contribution in [2.24, 2.45) is 15.9 Å². The molecule has 8 heteroatoms. The topological polar surface area (TPSA) is 81.6 Å². The van der Waals surface area contributed by atoms with E-state index in [0.29, 0.717) is 36.3 Å². The van der Waals surface area contributed by atoms with Crippen LogP contribution in [-0.2, 0) is 9.53 Å². The Kier molecular flexibility index (Phi) is 11.2. The minimum atomic E-state index is -0.154. The van der Waals surface area contributed by atoms with E-state index in [1.54, 1.807) is 0 Å². The van der Waals surface area contributed by atoms with Crippen molar-refractivity contribution in [1.29, 1.82) is 0 Å². The maximum absolute atomic E-state index is 13.5. The Morgan fingerprint density at radius 3 is 2.29 bits per heavy atom. The first-order chi connectivity index (χ1) is 21.9. The summed E-state index contributed by atoms with van der Waals surface area (Å²) in [6, 6.07) is 3.66. The molecule has 10 atom stereocenters. The molecule has 0 radical (unpaired) electrons. The highest BCUT2D eigenvalue weighted by atomic mass is 16.5. The molecule has 6 rings (SSSR count). The Bertz CT molecular complexity index is 1050. The van der Waals surface area contributed by atoms with E-state index < -0.39 is 0 Å². The summed E-state index contributed by atoms with van der Waals surface area (Å²) in [6.45, 7) is 8.79. The van der Waals surface area contributed by atoms with E-state index in [1.807, 2.05) is 0 Å². The fourth-order valence-electron chi connectivity index (χ4n) is 9.74. The number of carbonyl (C=O) groups is 1. The molecule has 0 aromatic carbocycles. The maximum Gasteiger partial charge on any atom is 0.313 e. The normalized spacial score (nSPS) is 35.5. The highest BCUT2D eigenvalue weighted by Gasteiger charge is 2.51. The van der Waals surface area contributed by atoms with Gasteiger partial charge in [-0.1, -0.05) is 64.7 Å². The van der Waals surface area contributed by atoms with Gasteiger partial charge in [-0.25, -0.2) is 9.98 Å². The minimum Gasteiger partial charge on any atom is -0.462 e. The SMILES string of the molecule is CCCCCCCCCC1CC2CCC3C(C(=O)OC(C)CCCCCC4CC5CCC6CC(C)NC(=N4)N56)C(C)N=C(N1)N23. The second-order valence-electron chi connectivity index (χ2n) is 15.7. The van der Waals surface area contributed by atoms with Crippen molar-refractivity contribution in [1.82, 2.24) is 20.4 Å². The van der Waals surface area contributed by atoms with Gasteiger partial charge in [0.05, 0.1) is 24.1 Å². The Hall–Kier alpha value is -1.99. The molecule has 10 unspecified atom stereocenters. The third-order valence-electron chi connectivity index (χ3n) is 12.0. The first-order valence-electron chi connectivity index (χ1n) is 19.4. The maximum atomic E-state index is 13.5. The Labute approximate surface area is 274 Å². The van der Waals surface area contributed by atoms with Crippen molar-refractivity contribution in [3.63, 3.8) is 0 Å². The summed E-state index contributed by atoms with van der Waals surface area (Å²) in [6.07, 6.45) is 24.9. The quantitative estimate of drug-likeness (QED) is 0.143. The first-order valence-corrected chi connectivity index (χ1v) is 19.4. The molecule has 6 aliphatic heterocycles. The molecule has 45 heavy (non-hydrogen) atoms.